The number of nitrogens with one attached hydrogen (secondary N) is 1. The molecule has 0 spiro atoms. The highest BCUT2D eigenvalue weighted by molar-refractivity contribution is 7.98. The fraction of sp³-hybridized carbons (Fsp3) is 0.280. The third-order valence-electron chi connectivity index (χ3n) is 5.08. The fourth-order valence-electron chi connectivity index (χ4n) is 3.35. The molecule has 0 saturated heterocycles. The lowest BCUT2D eigenvalue weighted by Crippen LogP contribution is -2.44. The first-order chi connectivity index (χ1) is 17.0. The van der Waals surface area contributed by atoms with E-state index < -0.39 is 11.6 Å². The van der Waals surface area contributed by atoms with Crippen molar-refractivity contribution >= 4 is 35.3 Å². The van der Waals surface area contributed by atoms with Crippen LogP contribution in [0.15, 0.2) is 47.6 Å². The van der Waals surface area contributed by atoms with Gasteiger partial charge in [-0.3, -0.25) is 14.7 Å². The Balaban J connectivity index is 1.81. The summed E-state index contributed by atoms with van der Waals surface area (Å²) in [5, 5.41) is 22.2. The molecule has 0 aliphatic carbocycles. The minimum Gasteiger partial charge on any atom is -0.465 e. The number of benzene rings is 1. The molecule has 4 N–H and O–H groups in total. The molecule has 186 valence electrons. The average Bonchev–Trinajstić information content (AvgIpc) is 2.80. The van der Waals surface area contributed by atoms with Gasteiger partial charge in [0.2, 0.25) is 5.91 Å². The van der Waals surface area contributed by atoms with Crippen molar-refractivity contribution in [2.45, 2.75) is 50.7 Å². The van der Waals surface area contributed by atoms with Gasteiger partial charge in [0.05, 0.1) is 23.6 Å². The van der Waals surface area contributed by atoms with Crippen molar-refractivity contribution < 1.29 is 14.7 Å². The SMILES string of the molecule is CC(=O)Nc1ccc(-c2nc(SCc3cccc(CN(C(=O)O)C(C)(C)C)n3)nc(N)c2C#N)cc1. The Bertz CT molecular complexity index is 1310. The summed E-state index contributed by atoms with van der Waals surface area (Å²) in [6.45, 7) is 7.08. The van der Waals surface area contributed by atoms with Gasteiger partial charge in [-0.15, -0.1) is 0 Å². The minimum absolute atomic E-state index is 0.0694. The lowest BCUT2D eigenvalue weighted by molar-refractivity contribution is -0.114. The number of aromatic nitrogens is 3. The normalized spacial score (nSPS) is 11.0. The largest absolute Gasteiger partial charge is 0.465 e. The second-order valence-corrected chi connectivity index (χ2v) is 9.88. The molecule has 11 heteroatoms. The van der Waals surface area contributed by atoms with Crippen molar-refractivity contribution in [2.75, 3.05) is 11.1 Å². The summed E-state index contributed by atoms with van der Waals surface area (Å²) in [6, 6.07) is 14.5. The first-order valence-corrected chi connectivity index (χ1v) is 12.0. The fourth-order valence-corrected chi connectivity index (χ4v) is 4.10. The van der Waals surface area contributed by atoms with E-state index in [1.807, 2.05) is 32.9 Å². The molecule has 2 aromatic heterocycles. The zero-order chi connectivity index (χ0) is 26.5. The number of nitriles is 1. The monoisotopic (exact) mass is 505 g/mol. The maximum absolute atomic E-state index is 11.7. The van der Waals surface area contributed by atoms with Crippen molar-refractivity contribution in [1.82, 2.24) is 19.9 Å². The lowest BCUT2D eigenvalue weighted by atomic mass is 10.1. The zero-order valence-corrected chi connectivity index (χ0v) is 21.3. The molecular weight excluding hydrogens is 478 g/mol. The van der Waals surface area contributed by atoms with Crippen LogP contribution in [0.25, 0.3) is 11.3 Å². The summed E-state index contributed by atoms with van der Waals surface area (Å²) >= 11 is 1.31. The molecule has 0 bridgehead atoms. The van der Waals surface area contributed by atoms with Crippen LogP contribution in [0.2, 0.25) is 0 Å². The number of thioether (sulfide) groups is 1. The van der Waals surface area contributed by atoms with Gasteiger partial charge in [0, 0.05) is 29.5 Å². The molecule has 36 heavy (non-hydrogen) atoms. The quantitative estimate of drug-likeness (QED) is 0.310. The average molecular weight is 506 g/mol. The standard InChI is InChI=1S/C25H27N7O3S/c1-15(33)28-17-10-8-16(9-11-17)21-20(12-26)22(27)31-23(30-21)36-14-19-7-5-6-18(29-19)13-32(24(34)35)25(2,3)4/h5-11H,13-14H2,1-4H3,(H,28,33)(H,34,35)(H2,27,30,31). The molecule has 0 atom stereocenters. The van der Waals surface area contributed by atoms with Gasteiger partial charge < -0.3 is 16.2 Å². The smallest absolute Gasteiger partial charge is 0.408 e. The van der Waals surface area contributed by atoms with Gasteiger partial charge in [-0.25, -0.2) is 14.8 Å². The van der Waals surface area contributed by atoms with E-state index in [-0.39, 0.29) is 23.8 Å². The first-order valence-electron chi connectivity index (χ1n) is 11.0. The van der Waals surface area contributed by atoms with E-state index in [0.717, 1.165) is 5.69 Å². The van der Waals surface area contributed by atoms with E-state index in [4.69, 9.17) is 5.73 Å². The van der Waals surface area contributed by atoms with Gasteiger partial charge in [0.15, 0.2) is 5.16 Å². The number of pyridine rings is 1. The molecular formula is C25H27N7O3S. The van der Waals surface area contributed by atoms with Crippen molar-refractivity contribution in [2.24, 2.45) is 0 Å². The molecule has 2 amide bonds. The Kier molecular flexibility index (Phi) is 8.11. The van der Waals surface area contributed by atoms with Crippen LogP contribution in [0.3, 0.4) is 0 Å². The minimum atomic E-state index is -1.01. The van der Waals surface area contributed by atoms with E-state index in [1.165, 1.54) is 23.6 Å². The van der Waals surface area contributed by atoms with Gasteiger partial charge in [-0.05, 0) is 45.0 Å². The van der Waals surface area contributed by atoms with Crippen LogP contribution in [-0.4, -0.2) is 42.5 Å². The molecule has 0 unspecified atom stereocenters. The molecule has 0 aliphatic heterocycles. The number of carbonyl (C=O) groups is 2. The Morgan fingerprint density at radius 3 is 2.36 bits per heavy atom. The summed E-state index contributed by atoms with van der Waals surface area (Å²) in [5.41, 5.74) is 8.70. The predicted octanol–water partition coefficient (Wildman–Crippen LogP) is 4.52. The number of hydrogen-bond acceptors (Lipinski definition) is 8. The molecule has 0 radical (unpaired) electrons. The van der Waals surface area contributed by atoms with Crippen LogP contribution in [0.5, 0.6) is 0 Å². The van der Waals surface area contributed by atoms with Crippen LogP contribution in [0, 0.1) is 11.3 Å². The number of nitrogen functional groups attached to an aromatic ring is 1. The Morgan fingerprint density at radius 1 is 1.11 bits per heavy atom. The van der Waals surface area contributed by atoms with E-state index >= 15 is 0 Å². The second-order valence-electron chi connectivity index (χ2n) is 8.93. The third kappa shape index (κ3) is 6.70. The van der Waals surface area contributed by atoms with E-state index in [2.05, 4.69) is 26.3 Å². The van der Waals surface area contributed by atoms with Gasteiger partial charge in [-0.1, -0.05) is 30.0 Å². The van der Waals surface area contributed by atoms with E-state index in [1.54, 1.807) is 30.3 Å². The van der Waals surface area contributed by atoms with E-state index in [9.17, 15) is 20.0 Å². The van der Waals surface area contributed by atoms with Crippen LogP contribution in [-0.2, 0) is 17.1 Å². The van der Waals surface area contributed by atoms with Crippen LogP contribution in [0.4, 0.5) is 16.3 Å². The summed E-state index contributed by atoms with van der Waals surface area (Å²) < 4.78 is 0. The molecule has 3 rings (SSSR count). The molecule has 3 aromatic rings. The number of anilines is 2. The Labute approximate surface area is 213 Å². The first kappa shape index (κ1) is 26.4. The van der Waals surface area contributed by atoms with Crippen molar-refractivity contribution in [3.05, 3.63) is 59.4 Å². The van der Waals surface area contributed by atoms with Crippen molar-refractivity contribution in [1.29, 1.82) is 5.26 Å². The molecule has 0 fully saturated rings. The topological polar surface area (TPSA) is 158 Å². The number of nitrogens with two attached hydrogens (primary N) is 1. The lowest BCUT2D eigenvalue weighted by Gasteiger charge is -2.32. The number of hydrogen-bond donors (Lipinski definition) is 3. The summed E-state index contributed by atoms with van der Waals surface area (Å²) in [4.78, 5) is 37.7. The highest BCUT2D eigenvalue weighted by Gasteiger charge is 2.26. The summed E-state index contributed by atoms with van der Waals surface area (Å²) in [5.74, 6) is 0.306. The second kappa shape index (κ2) is 11.0. The molecule has 2 heterocycles. The third-order valence-corrected chi connectivity index (χ3v) is 5.96. The predicted molar refractivity (Wildman–Crippen MR) is 138 cm³/mol. The number of carbonyl (C=O) groups excluding carboxylic acids is 1. The van der Waals surface area contributed by atoms with E-state index in [0.29, 0.717) is 33.5 Å². The van der Waals surface area contributed by atoms with Crippen LogP contribution in [0.1, 0.15) is 44.6 Å². The number of carboxylic acid groups (broad SMARTS) is 1. The molecule has 0 saturated carbocycles. The van der Waals surface area contributed by atoms with Crippen molar-refractivity contribution in [3.63, 3.8) is 0 Å². The van der Waals surface area contributed by atoms with Gasteiger partial charge >= 0.3 is 6.09 Å². The maximum Gasteiger partial charge on any atom is 0.408 e. The Morgan fingerprint density at radius 2 is 1.78 bits per heavy atom. The number of nitrogens with zero attached hydrogens (tertiary/aromatic N) is 5. The highest BCUT2D eigenvalue weighted by atomic mass is 32.2. The van der Waals surface area contributed by atoms with Gasteiger partial charge in [0.1, 0.15) is 17.5 Å². The summed E-state index contributed by atoms with van der Waals surface area (Å²) in [6.07, 6.45) is -1.01. The molecule has 1 aromatic carbocycles. The molecule has 10 nitrogen and oxygen atoms in total. The zero-order valence-electron chi connectivity index (χ0n) is 20.4. The summed E-state index contributed by atoms with van der Waals surface area (Å²) in [7, 11) is 0. The van der Waals surface area contributed by atoms with Gasteiger partial charge in [0.25, 0.3) is 0 Å². The number of amides is 2. The Hall–Kier alpha value is -4.17. The van der Waals surface area contributed by atoms with Crippen LogP contribution < -0.4 is 11.1 Å². The number of rotatable bonds is 7. The highest BCUT2D eigenvalue weighted by Crippen LogP contribution is 2.29. The molecule has 0 aliphatic rings. The van der Waals surface area contributed by atoms with Gasteiger partial charge in [-0.2, -0.15) is 5.26 Å². The van der Waals surface area contributed by atoms with Crippen LogP contribution >= 0.6 is 11.8 Å². The maximum atomic E-state index is 11.7. The van der Waals surface area contributed by atoms with Crippen molar-refractivity contribution in [3.8, 4) is 17.3 Å².